The molecule has 15 heteroatoms. The van der Waals surface area contributed by atoms with Crippen LogP contribution in [-0.2, 0) is 30.3 Å². The van der Waals surface area contributed by atoms with Gasteiger partial charge in [0.25, 0.3) is 20.8 Å². The van der Waals surface area contributed by atoms with Gasteiger partial charge in [-0.15, -0.1) is 0 Å². The standard InChI is InChI=1S/C33H58O11S2.2Na/c1-29(35)42-33(30-26-31(43-45(36,37)38)28-32(27-30)44-46(39,40)41)24-22-20-18-16-14-12-10-8-6-4-2-3-5-7-9-11-13-15-17-19-21-23-25-34;;/h26-28,33-34H,2-25H2,1H3,(H,36,37,38)(H,39,40,41);;/q;2*+1/p-2. The fraction of sp³-hybridized carbons (Fsp3) is 0.788. The molecule has 0 amide bonds. The molecule has 11 nitrogen and oxygen atoms in total. The maximum absolute atomic E-state index is 11.7. The largest absolute Gasteiger partial charge is 1.00 e. The van der Waals surface area contributed by atoms with E-state index in [1.807, 2.05) is 0 Å². The van der Waals surface area contributed by atoms with Crippen LogP contribution in [-0.4, -0.2) is 43.6 Å². The van der Waals surface area contributed by atoms with Gasteiger partial charge in [0.1, 0.15) is 17.6 Å². The van der Waals surface area contributed by atoms with Crippen LogP contribution < -0.4 is 67.5 Å². The first-order valence-corrected chi connectivity index (χ1v) is 19.8. The van der Waals surface area contributed by atoms with Crippen LogP contribution in [0.4, 0.5) is 0 Å². The Labute approximate surface area is 334 Å². The van der Waals surface area contributed by atoms with E-state index in [2.05, 4.69) is 8.37 Å². The monoisotopic (exact) mass is 738 g/mol. The molecule has 0 bridgehead atoms. The summed E-state index contributed by atoms with van der Waals surface area (Å²) in [4.78, 5) is 11.7. The van der Waals surface area contributed by atoms with E-state index in [1.165, 1.54) is 103 Å². The zero-order valence-electron chi connectivity index (χ0n) is 29.6. The first-order valence-electron chi connectivity index (χ1n) is 17.1. The Kier molecular flexibility index (Phi) is 32.1. The van der Waals surface area contributed by atoms with Crippen molar-refractivity contribution in [3.05, 3.63) is 23.8 Å². The number of rotatable bonds is 30. The third-order valence-corrected chi connectivity index (χ3v) is 8.65. The Morgan fingerprint density at radius 3 is 1.15 bits per heavy atom. The van der Waals surface area contributed by atoms with Gasteiger partial charge in [-0.1, -0.05) is 128 Å². The number of aliphatic hydroxyl groups excluding tert-OH is 1. The number of esters is 1. The van der Waals surface area contributed by atoms with Crippen molar-refractivity contribution < 1.29 is 108 Å². The van der Waals surface area contributed by atoms with E-state index in [0.29, 0.717) is 19.4 Å². The average molecular weight is 739 g/mol. The SMILES string of the molecule is CC(=O)OC(CCCCCCCCCCCCCCCCCCCCCCCCO)c1cc(OS(=O)(=O)[O-])cc(OS(=O)(=O)[O-])c1.[Na+].[Na+]. The van der Waals surface area contributed by atoms with Crippen LogP contribution in [0.1, 0.15) is 166 Å². The van der Waals surface area contributed by atoms with Gasteiger partial charge in [0.2, 0.25) is 0 Å². The summed E-state index contributed by atoms with van der Waals surface area (Å²) in [7, 11) is -10.4. The predicted molar refractivity (Wildman–Crippen MR) is 175 cm³/mol. The molecule has 1 aromatic carbocycles. The van der Waals surface area contributed by atoms with Crippen LogP contribution in [0.15, 0.2) is 18.2 Å². The number of hydrogen-bond donors (Lipinski definition) is 1. The van der Waals surface area contributed by atoms with Gasteiger partial charge in [-0.3, -0.25) is 4.79 Å². The molecular weight excluding hydrogens is 682 g/mol. The Balaban J connectivity index is 0. The first kappa shape index (κ1) is 50.2. The van der Waals surface area contributed by atoms with E-state index >= 15 is 0 Å². The maximum Gasteiger partial charge on any atom is 1.00 e. The molecule has 0 fully saturated rings. The number of ether oxygens (including phenoxy) is 1. The third kappa shape index (κ3) is 30.9. The number of aliphatic hydroxyl groups is 1. The van der Waals surface area contributed by atoms with Crippen LogP contribution >= 0.6 is 0 Å². The first-order chi connectivity index (χ1) is 21.9. The fourth-order valence-electron chi connectivity index (χ4n) is 5.58. The Morgan fingerprint density at radius 2 is 0.875 bits per heavy atom. The van der Waals surface area contributed by atoms with Gasteiger partial charge in [-0.2, -0.15) is 0 Å². The van der Waals surface area contributed by atoms with Crippen molar-refractivity contribution in [2.24, 2.45) is 0 Å². The molecule has 0 aliphatic heterocycles. The smallest absolute Gasteiger partial charge is 0.716 e. The van der Waals surface area contributed by atoms with Crippen molar-refractivity contribution in [1.82, 2.24) is 0 Å². The van der Waals surface area contributed by atoms with E-state index in [0.717, 1.165) is 56.7 Å². The minimum absolute atomic E-state index is 0. The summed E-state index contributed by atoms with van der Waals surface area (Å²) >= 11 is 0. The summed E-state index contributed by atoms with van der Waals surface area (Å²) in [6.45, 7) is 1.52. The van der Waals surface area contributed by atoms with Gasteiger partial charge < -0.3 is 27.3 Å². The molecule has 0 aliphatic carbocycles. The van der Waals surface area contributed by atoms with Crippen molar-refractivity contribution in [2.45, 2.75) is 161 Å². The summed E-state index contributed by atoms with van der Waals surface area (Å²) in [5.74, 6) is -1.75. The van der Waals surface area contributed by atoms with E-state index in [9.17, 15) is 30.7 Å². The second-order valence-corrected chi connectivity index (χ2v) is 14.1. The van der Waals surface area contributed by atoms with Crippen LogP contribution in [0.25, 0.3) is 0 Å². The summed E-state index contributed by atoms with van der Waals surface area (Å²) < 4.78 is 80.3. The molecule has 0 aliphatic rings. The molecule has 0 spiro atoms. The number of unbranched alkanes of at least 4 members (excludes halogenated alkanes) is 21. The van der Waals surface area contributed by atoms with E-state index in [1.54, 1.807) is 0 Å². The molecule has 0 saturated heterocycles. The van der Waals surface area contributed by atoms with Gasteiger partial charge in [0.15, 0.2) is 0 Å². The molecule has 0 aromatic heterocycles. The summed E-state index contributed by atoms with van der Waals surface area (Å²) in [6.07, 6.45) is 26.0. The molecular formula is C33H56Na2O11S2. The van der Waals surface area contributed by atoms with Crippen LogP contribution in [0, 0.1) is 0 Å². The van der Waals surface area contributed by atoms with Crippen molar-refractivity contribution in [3.63, 3.8) is 0 Å². The summed E-state index contributed by atoms with van der Waals surface area (Å²) in [5, 5.41) is 8.79. The molecule has 0 radical (unpaired) electrons. The molecule has 1 aromatic rings. The van der Waals surface area contributed by atoms with Crippen LogP contribution in [0.3, 0.4) is 0 Å². The number of carbonyl (C=O) groups excluding carboxylic acids is 1. The minimum Gasteiger partial charge on any atom is -0.716 e. The number of hydrogen-bond acceptors (Lipinski definition) is 11. The van der Waals surface area contributed by atoms with E-state index in [-0.39, 0.29) is 64.7 Å². The van der Waals surface area contributed by atoms with Gasteiger partial charge in [0, 0.05) is 19.6 Å². The average Bonchev–Trinajstić information content (AvgIpc) is 2.94. The Morgan fingerprint density at radius 1 is 0.583 bits per heavy atom. The Bertz CT molecular complexity index is 1110. The molecule has 1 N–H and O–H groups in total. The quantitative estimate of drug-likeness (QED) is 0.0401. The molecule has 0 heterocycles. The van der Waals surface area contributed by atoms with Gasteiger partial charge in [0.05, 0.1) is 0 Å². The van der Waals surface area contributed by atoms with Crippen molar-refractivity contribution in [2.75, 3.05) is 6.61 Å². The summed E-state index contributed by atoms with van der Waals surface area (Å²) in [6, 6.07) is 3.02. The topological polar surface area (TPSA) is 179 Å². The summed E-state index contributed by atoms with van der Waals surface area (Å²) in [5.41, 5.74) is 0.128. The fourth-order valence-corrected chi connectivity index (χ4v) is 6.25. The Hall–Kier alpha value is 0.0700. The van der Waals surface area contributed by atoms with E-state index in [4.69, 9.17) is 9.84 Å². The second kappa shape index (κ2) is 30.7. The minimum atomic E-state index is -5.20. The zero-order chi connectivity index (χ0) is 34.1. The molecule has 268 valence electrons. The van der Waals surface area contributed by atoms with Crippen molar-refractivity contribution in [3.8, 4) is 11.5 Å². The number of benzene rings is 1. The molecule has 0 saturated carbocycles. The predicted octanol–water partition coefficient (Wildman–Crippen LogP) is 1.94. The van der Waals surface area contributed by atoms with Crippen molar-refractivity contribution in [1.29, 1.82) is 0 Å². The number of carbonyl (C=O) groups is 1. The molecule has 1 rings (SSSR count). The molecule has 1 unspecified atom stereocenters. The second-order valence-electron chi connectivity index (χ2n) is 12.1. The van der Waals surface area contributed by atoms with Gasteiger partial charge >= 0.3 is 65.1 Å². The molecule has 1 atom stereocenters. The van der Waals surface area contributed by atoms with E-state index < -0.39 is 44.4 Å². The normalized spacial score (nSPS) is 12.1. The van der Waals surface area contributed by atoms with Crippen LogP contribution in [0.5, 0.6) is 11.5 Å². The molecule has 48 heavy (non-hydrogen) atoms. The van der Waals surface area contributed by atoms with Crippen LogP contribution in [0.2, 0.25) is 0 Å². The zero-order valence-corrected chi connectivity index (χ0v) is 35.3. The van der Waals surface area contributed by atoms with Crippen molar-refractivity contribution >= 4 is 26.8 Å². The third-order valence-electron chi connectivity index (χ3n) is 7.85. The van der Waals surface area contributed by atoms with Gasteiger partial charge in [-0.05, 0) is 37.0 Å². The maximum atomic E-state index is 11.7. The van der Waals surface area contributed by atoms with Gasteiger partial charge in [-0.25, -0.2) is 16.8 Å².